The first-order chi connectivity index (χ1) is 7.40. The van der Waals surface area contributed by atoms with Crippen molar-refractivity contribution in [1.82, 2.24) is 0 Å². The van der Waals surface area contributed by atoms with Crippen molar-refractivity contribution in [2.45, 2.75) is 6.42 Å². The fourth-order valence-corrected chi connectivity index (χ4v) is 1.77. The van der Waals surface area contributed by atoms with Gasteiger partial charge in [-0.05, 0) is 17.7 Å². The van der Waals surface area contributed by atoms with Gasteiger partial charge in [-0.3, -0.25) is 9.35 Å². The van der Waals surface area contributed by atoms with E-state index >= 15 is 0 Å². The second-order valence-corrected chi connectivity index (χ2v) is 4.75. The first-order valence-electron chi connectivity index (χ1n) is 4.50. The summed E-state index contributed by atoms with van der Waals surface area (Å²) in [4.78, 5) is 11.2. The SMILES string of the molecule is COc1cccc(CC(=O)CS(=O)(=O)O)c1. The largest absolute Gasteiger partial charge is 0.497 e. The molecule has 0 atom stereocenters. The van der Waals surface area contributed by atoms with Crippen molar-refractivity contribution in [3.63, 3.8) is 0 Å². The molecule has 0 fully saturated rings. The Bertz CT molecular complexity index is 478. The number of ketones is 1. The molecule has 0 saturated heterocycles. The van der Waals surface area contributed by atoms with Gasteiger partial charge in [0.15, 0.2) is 5.78 Å². The van der Waals surface area contributed by atoms with Gasteiger partial charge in [0.1, 0.15) is 11.5 Å². The number of carbonyl (C=O) groups is 1. The Morgan fingerprint density at radius 1 is 1.44 bits per heavy atom. The van der Waals surface area contributed by atoms with Crippen LogP contribution in [0.3, 0.4) is 0 Å². The number of methoxy groups -OCH3 is 1. The number of ether oxygens (including phenoxy) is 1. The molecule has 1 rings (SSSR count). The fraction of sp³-hybridized carbons (Fsp3) is 0.300. The minimum Gasteiger partial charge on any atom is -0.497 e. The van der Waals surface area contributed by atoms with Crippen LogP contribution in [0.2, 0.25) is 0 Å². The van der Waals surface area contributed by atoms with Gasteiger partial charge in [-0.1, -0.05) is 12.1 Å². The normalized spacial score (nSPS) is 11.1. The lowest BCUT2D eigenvalue weighted by Gasteiger charge is -2.03. The molecule has 0 unspecified atom stereocenters. The summed E-state index contributed by atoms with van der Waals surface area (Å²) in [5, 5.41) is 0. The number of hydrogen-bond donors (Lipinski definition) is 1. The number of carbonyl (C=O) groups excluding carboxylic acids is 1. The number of hydrogen-bond acceptors (Lipinski definition) is 4. The predicted octanol–water partition coefficient (Wildman–Crippen LogP) is 0.695. The molecule has 0 heterocycles. The second kappa shape index (κ2) is 5.09. The first-order valence-corrected chi connectivity index (χ1v) is 6.11. The summed E-state index contributed by atoms with van der Waals surface area (Å²) in [7, 11) is -2.74. The van der Waals surface area contributed by atoms with Gasteiger partial charge in [0.2, 0.25) is 0 Å². The zero-order valence-electron chi connectivity index (χ0n) is 8.71. The lowest BCUT2D eigenvalue weighted by atomic mass is 10.1. The lowest BCUT2D eigenvalue weighted by Crippen LogP contribution is -2.16. The standard InChI is InChI=1S/C10H12O5S/c1-15-10-4-2-3-8(6-10)5-9(11)7-16(12,13)14/h2-4,6H,5,7H2,1H3,(H,12,13,14). The molecule has 88 valence electrons. The van der Waals surface area contributed by atoms with Crippen LogP contribution in [-0.2, 0) is 21.3 Å². The Kier molecular flexibility index (Phi) is 4.03. The van der Waals surface area contributed by atoms with E-state index in [9.17, 15) is 13.2 Å². The van der Waals surface area contributed by atoms with Gasteiger partial charge < -0.3 is 4.74 Å². The van der Waals surface area contributed by atoms with Crippen LogP contribution in [-0.4, -0.2) is 31.6 Å². The van der Waals surface area contributed by atoms with Crippen molar-refractivity contribution in [2.24, 2.45) is 0 Å². The molecule has 1 aromatic rings. The van der Waals surface area contributed by atoms with Crippen molar-refractivity contribution in [3.05, 3.63) is 29.8 Å². The highest BCUT2D eigenvalue weighted by molar-refractivity contribution is 7.86. The number of benzene rings is 1. The molecule has 0 spiro atoms. The average Bonchev–Trinajstić information content (AvgIpc) is 2.15. The summed E-state index contributed by atoms with van der Waals surface area (Å²) in [6.45, 7) is 0. The summed E-state index contributed by atoms with van der Waals surface area (Å²) < 4.78 is 34.4. The monoisotopic (exact) mass is 244 g/mol. The Hall–Kier alpha value is -1.40. The highest BCUT2D eigenvalue weighted by Crippen LogP contribution is 2.13. The molecular weight excluding hydrogens is 232 g/mol. The van der Waals surface area contributed by atoms with Crippen molar-refractivity contribution in [1.29, 1.82) is 0 Å². The molecule has 0 aliphatic rings. The molecule has 16 heavy (non-hydrogen) atoms. The minimum absolute atomic E-state index is 0.0447. The van der Waals surface area contributed by atoms with Gasteiger partial charge >= 0.3 is 0 Å². The highest BCUT2D eigenvalue weighted by Gasteiger charge is 2.13. The lowest BCUT2D eigenvalue weighted by molar-refractivity contribution is -0.116. The van der Waals surface area contributed by atoms with E-state index in [2.05, 4.69) is 0 Å². The van der Waals surface area contributed by atoms with E-state index in [1.165, 1.54) is 7.11 Å². The van der Waals surface area contributed by atoms with Crippen LogP contribution in [0.4, 0.5) is 0 Å². The minimum atomic E-state index is -4.24. The first kappa shape index (κ1) is 12.7. The van der Waals surface area contributed by atoms with Crippen LogP contribution in [0.15, 0.2) is 24.3 Å². The highest BCUT2D eigenvalue weighted by atomic mass is 32.2. The maximum Gasteiger partial charge on any atom is 0.272 e. The number of rotatable bonds is 5. The Balaban J connectivity index is 2.70. The van der Waals surface area contributed by atoms with Crippen LogP contribution >= 0.6 is 0 Å². The molecule has 0 amide bonds. The third-order valence-electron chi connectivity index (χ3n) is 1.88. The van der Waals surface area contributed by atoms with Crippen LogP contribution in [0.5, 0.6) is 5.75 Å². The van der Waals surface area contributed by atoms with E-state index in [0.29, 0.717) is 11.3 Å². The van der Waals surface area contributed by atoms with E-state index in [1.54, 1.807) is 24.3 Å². The molecule has 0 saturated carbocycles. The zero-order valence-corrected chi connectivity index (χ0v) is 9.53. The quantitative estimate of drug-likeness (QED) is 0.771. The van der Waals surface area contributed by atoms with E-state index in [-0.39, 0.29) is 6.42 Å². The summed E-state index contributed by atoms with van der Waals surface area (Å²) >= 11 is 0. The molecular formula is C10H12O5S. The molecule has 1 N–H and O–H groups in total. The van der Waals surface area contributed by atoms with Crippen LogP contribution < -0.4 is 4.74 Å². The maximum absolute atomic E-state index is 11.2. The van der Waals surface area contributed by atoms with Gasteiger partial charge in [-0.25, -0.2) is 0 Å². The van der Waals surface area contributed by atoms with Gasteiger partial charge in [-0.15, -0.1) is 0 Å². The number of Topliss-reactive ketones (excluding diaryl/α,β-unsaturated/α-hetero) is 1. The van der Waals surface area contributed by atoms with Crippen LogP contribution in [0.1, 0.15) is 5.56 Å². The average molecular weight is 244 g/mol. The van der Waals surface area contributed by atoms with E-state index in [0.717, 1.165) is 0 Å². The van der Waals surface area contributed by atoms with E-state index in [4.69, 9.17) is 9.29 Å². The summed E-state index contributed by atoms with van der Waals surface area (Å²) in [6, 6.07) is 6.75. The summed E-state index contributed by atoms with van der Waals surface area (Å²) in [5.41, 5.74) is 0.646. The second-order valence-electron chi connectivity index (χ2n) is 3.29. The topological polar surface area (TPSA) is 80.7 Å². The van der Waals surface area contributed by atoms with Gasteiger partial charge in [0.25, 0.3) is 10.1 Å². The molecule has 0 bridgehead atoms. The third kappa shape index (κ3) is 4.41. The van der Waals surface area contributed by atoms with Gasteiger partial charge in [-0.2, -0.15) is 8.42 Å². The molecule has 0 aromatic heterocycles. The molecule has 0 aliphatic heterocycles. The fourth-order valence-electron chi connectivity index (χ4n) is 1.26. The zero-order chi connectivity index (χ0) is 12.2. The maximum atomic E-state index is 11.2. The molecule has 6 heteroatoms. The molecule has 0 aliphatic carbocycles. The smallest absolute Gasteiger partial charge is 0.272 e. The summed E-state index contributed by atoms with van der Waals surface area (Å²) in [5.74, 6) is -0.822. The molecule has 0 radical (unpaired) electrons. The molecule has 5 nitrogen and oxygen atoms in total. The van der Waals surface area contributed by atoms with Crippen molar-refractivity contribution < 1.29 is 22.5 Å². The van der Waals surface area contributed by atoms with E-state index < -0.39 is 21.7 Å². The van der Waals surface area contributed by atoms with Crippen molar-refractivity contribution in [3.8, 4) is 5.75 Å². The van der Waals surface area contributed by atoms with Crippen LogP contribution in [0.25, 0.3) is 0 Å². The van der Waals surface area contributed by atoms with Crippen molar-refractivity contribution in [2.75, 3.05) is 12.9 Å². The Morgan fingerprint density at radius 3 is 2.69 bits per heavy atom. The predicted molar refractivity (Wildman–Crippen MR) is 58.1 cm³/mol. The van der Waals surface area contributed by atoms with E-state index in [1.807, 2.05) is 0 Å². The Labute approximate surface area is 93.8 Å². The van der Waals surface area contributed by atoms with Gasteiger partial charge in [0.05, 0.1) is 7.11 Å². The molecule has 1 aromatic carbocycles. The Morgan fingerprint density at radius 2 is 2.12 bits per heavy atom. The van der Waals surface area contributed by atoms with Crippen LogP contribution in [0, 0.1) is 0 Å². The summed E-state index contributed by atoms with van der Waals surface area (Å²) in [6.07, 6.45) is -0.0447. The third-order valence-corrected chi connectivity index (χ3v) is 2.57. The van der Waals surface area contributed by atoms with Crippen molar-refractivity contribution >= 4 is 15.9 Å². The van der Waals surface area contributed by atoms with Gasteiger partial charge in [0, 0.05) is 6.42 Å².